The van der Waals surface area contributed by atoms with Crippen molar-refractivity contribution in [2.75, 3.05) is 24.5 Å². The molecule has 45 heavy (non-hydrogen) atoms. The van der Waals surface area contributed by atoms with Gasteiger partial charge in [-0.05, 0) is 78.2 Å². The third-order valence-electron chi connectivity index (χ3n) is 7.13. The summed E-state index contributed by atoms with van der Waals surface area (Å²) in [6, 6.07) is 28.1. The van der Waals surface area contributed by atoms with Gasteiger partial charge in [0.2, 0.25) is 11.8 Å². The molecule has 0 bridgehead atoms. The van der Waals surface area contributed by atoms with Crippen molar-refractivity contribution in [2.24, 2.45) is 0 Å². The highest BCUT2D eigenvalue weighted by atomic mass is 79.9. The Morgan fingerprint density at radius 3 is 2.13 bits per heavy atom. The number of benzene rings is 4. The molecule has 0 saturated carbocycles. The molecule has 0 spiro atoms. The minimum atomic E-state index is -4.24. The van der Waals surface area contributed by atoms with Gasteiger partial charge >= 0.3 is 0 Å². The first-order chi connectivity index (χ1) is 21.6. The molecule has 0 heterocycles. The Hall–Kier alpha value is -3.86. The van der Waals surface area contributed by atoms with Crippen LogP contribution in [0.5, 0.6) is 5.75 Å². The van der Waals surface area contributed by atoms with Gasteiger partial charge in [0, 0.05) is 29.0 Å². The molecule has 2 amide bonds. The fraction of sp³-hybridized carbons (Fsp3) is 0.235. The number of nitrogens with one attached hydrogen (secondary N) is 1. The summed E-state index contributed by atoms with van der Waals surface area (Å²) in [5.41, 5.74) is 1.90. The molecule has 0 unspecified atom stereocenters. The fourth-order valence-corrected chi connectivity index (χ4v) is 6.52. The molecule has 4 rings (SSSR count). The summed E-state index contributed by atoms with van der Waals surface area (Å²) in [5, 5.41) is 3.36. The number of anilines is 1. The second kappa shape index (κ2) is 15.9. The van der Waals surface area contributed by atoms with E-state index < -0.39 is 28.5 Å². The molecule has 0 saturated heterocycles. The number of nitrogens with zero attached hydrogens (tertiary/aromatic N) is 2. The van der Waals surface area contributed by atoms with Crippen LogP contribution < -0.4 is 14.4 Å². The van der Waals surface area contributed by atoms with Gasteiger partial charge in [-0.1, -0.05) is 76.9 Å². The Morgan fingerprint density at radius 1 is 0.889 bits per heavy atom. The van der Waals surface area contributed by atoms with Crippen molar-refractivity contribution in [1.29, 1.82) is 0 Å². The lowest BCUT2D eigenvalue weighted by molar-refractivity contribution is -0.140. The Morgan fingerprint density at radius 2 is 1.53 bits per heavy atom. The lowest BCUT2D eigenvalue weighted by Gasteiger charge is -2.34. The van der Waals surface area contributed by atoms with E-state index in [4.69, 9.17) is 16.3 Å². The van der Waals surface area contributed by atoms with E-state index >= 15 is 0 Å². The van der Waals surface area contributed by atoms with Crippen LogP contribution >= 0.6 is 27.5 Å². The Bertz CT molecular complexity index is 1670. The molecule has 11 heteroatoms. The van der Waals surface area contributed by atoms with E-state index in [0.29, 0.717) is 17.3 Å². The molecular weight excluding hydrogens is 678 g/mol. The van der Waals surface area contributed by atoms with Crippen LogP contribution in [0.15, 0.2) is 112 Å². The number of carbonyl (C=O) groups is 2. The van der Waals surface area contributed by atoms with E-state index in [1.165, 1.54) is 24.1 Å². The maximum atomic E-state index is 14.4. The van der Waals surface area contributed by atoms with E-state index in [1.807, 2.05) is 61.5 Å². The maximum Gasteiger partial charge on any atom is 0.264 e. The number of halogens is 2. The Balaban J connectivity index is 1.78. The second-order valence-electron chi connectivity index (χ2n) is 10.3. The van der Waals surface area contributed by atoms with Gasteiger partial charge < -0.3 is 15.0 Å². The highest BCUT2D eigenvalue weighted by molar-refractivity contribution is 9.10. The Kier molecular flexibility index (Phi) is 12.0. The number of methoxy groups -OCH3 is 1. The zero-order valence-corrected chi connectivity index (χ0v) is 28.2. The number of rotatable bonds is 14. The van der Waals surface area contributed by atoms with Crippen molar-refractivity contribution < 1.29 is 22.7 Å². The maximum absolute atomic E-state index is 14.4. The third kappa shape index (κ3) is 9.09. The smallest absolute Gasteiger partial charge is 0.264 e. The second-order valence-corrected chi connectivity index (χ2v) is 13.5. The van der Waals surface area contributed by atoms with Crippen LogP contribution in [-0.4, -0.2) is 51.4 Å². The molecule has 1 N–H and O–H groups in total. The first-order valence-corrected chi connectivity index (χ1v) is 17.0. The summed E-state index contributed by atoms with van der Waals surface area (Å²) in [5.74, 6) is -0.370. The van der Waals surface area contributed by atoms with Crippen LogP contribution in [0.1, 0.15) is 24.5 Å². The summed E-state index contributed by atoms with van der Waals surface area (Å²) < 4.78 is 35.3. The van der Waals surface area contributed by atoms with Crippen molar-refractivity contribution in [2.45, 2.75) is 37.2 Å². The molecule has 1 atom stereocenters. The first-order valence-electron chi connectivity index (χ1n) is 14.4. The standard InChI is InChI=1S/C34H35BrClN3O5S/c1-3-21-37-34(41)32(22-25-7-5-4-6-8-25)38(23-26-9-11-27(35)12-10-26)33(40)24-39(29-15-13-28(36)14-16-29)45(42,43)31-19-17-30(44-2)18-20-31/h4-20,32H,3,21-24H2,1-2H3,(H,37,41)/t32-/m1/s1. The van der Waals surface area contributed by atoms with Crippen LogP contribution in [-0.2, 0) is 32.6 Å². The molecule has 0 aromatic heterocycles. The van der Waals surface area contributed by atoms with E-state index in [0.717, 1.165) is 26.3 Å². The quantitative estimate of drug-likeness (QED) is 0.162. The molecule has 236 valence electrons. The number of carbonyl (C=O) groups excluding carboxylic acids is 2. The number of sulfonamides is 1. The normalized spacial score (nSPS) is 11.8. The van der Waals surface area contributed by atoms with Gasteiger partial charge in [0.15, 0.2) is 0 Å². The zero-order chi connectivity index (χ0) is 32.4. The van der Waals surface area contributed by atoms with Gasteiger partial charge in [-0.15, -0.1) is 0 Å². The Labute approximate surface area is 278 Å². The summed E-state index contributed by atoms with van der Waals surface area (Å²) in [7, 11) is -2.75. The van der Waals surface area contributed by atoms with Gasteiger partial charge in [-0.2, -0.15) is 0 Å². The predicted molar refractivity (Wildman–Crippen MR) is 181 cm³/mol. The minimum Gasteiger partial charge on any atom is -0.497 e. The van der Waals surface area contributed by atoms with Gasteiger partial charge in [0.1, 0.15) is 18.3 Å². The summed E-state index contributed by atoms with van der Waals surface area (Å²) in [6.45, 7) is 1.91. The van der Waals surface area contributed by atoms with Crippen LogP contribution in [0, 0.1) is 0 Å². The van der Waals surface area contributed by atoms with Crippen molar-refractivity contribution >= 4 is 55.1 Å². The first kappa shape index (κ1) is 34.0. The van der Waals surface area contributed by atoms with Crippen LogP contribution in [0.4, 0.5) is 5.69 Å². The summed E-state index contributed by atoms with van der Waals surface area (Å²) >= 11 is 9.58. The number of ether oxygens (including phenoxy) is 1. The monoisotopic (exact) mass is 711 g/mol. The summed E-state index contributed by atoms with van der Waals surface area (Å²) in [6.07, 6.45) is 0.958. The molecule has 4 aromatic rings. The molecule has 0 aliphatic rings. The fourth-order valence-electron chi connectivity index (χ4n) is 4.72. The predicted octanol–water partition coefficient (Wildman–Crippen LogP) is 6.47. The summed E-state index contributed by atoms with van der Waals surface area (Å²) in [4.78, 5) is 29.6. The molecule has 4 aromatic carbocycles. The molecule has 0 aliphatic heterocycles. The van der Waals surface area contributed by atoms with Crippen LogP contribution in [0.25, 0.3) is 0 Å². The number of amides is 2. The third-order valence-corrected chi connectivity index (χ3v) is 9.70. The molecule has 0 radical (unpaired) electrons. The lowest BCUT2D eigenvalue weighted by Crippen LogP contribution is -2.53. The largest absolute Gasteiger partial charge is 0.497 e. The van der Waals surface area contributed by atoms with Crippen molar-refractivity contribution in [3.63, 3.8) is 0 Å². The van der Waals surface area contributed by atoms with E-state index in [-0.39, 0.29) is 29.5 Å². The average Bonchev–Trinajstić information content (AvgIpc) is 3.05. The van der Waals surface area contributed by atoms with Crippen molar-refractivity contribution in [3.8, 4) is 5.75 Å². The van der Waals surface area contributed by atoms with E-state index in [2.05, 4.69) is 21.2 Å². The topological polar surface area (TPSA) is 96.0 Å². The van der Waals surface area contributed by atoms with Crippen molar-refractivity contribution in [3.05, 3.63) is 124 Å². The number of hydrogen-bond donors (Lipinski definition) is 1. The zero-order valence-electron chi connectivity index (χ0n) is 25.0. The van der Waals surface area contributed by atoms with Crippen LogP contribution in [0.3, 0.4) is 0 Å². The van der Waals surface area contributed by atoms with Gasteiger partial charge in [-0.3, -0.25) is 13.9 Å². The minimum absolute atomic E-state index is 0.0213. The van der Waals surface area contributed by atoms with Gasteiger partial charge in [-0.25, -0.2) is 8.42 Å². The van der Waals surface area contributed by atoms with Crippen LogP contribution in [0.2, 0.25) is 5.02 Å². The van der Waals surface area contributed by atoms with Crippen molar-refractivity contribution in [1.82, 2.24) is 10.2 Å². The van der Waals surface area contributed by atoms with Gasteiger partial charge in [0.05, 0.1) is 17.7 Å². The average molecular weight is 713 g/mol. The molecular formula is C34H35BrClN3O5S. The number of hydrogen-bond acceptors (Lipinski definition) is 5. The molecule has 0 aliphatic carbocycles. The van der Waals surface area contributed by atoms with E-state index in [1.54, 1.807) is 36.4 Å². The SMILES string of the molecule is CCCNC(=O)[C@@H](Cc1ccccc1)N(Cc1ccc(Br)cc1)C(=O)CN(c1ccc(Cl)cc1)S(=O)(=O)c1ccc(OC)cc1. The lowest BCUT2D eigenvalue weighted by atomic mass is 10.0. The molecule has 8 nitrogen and oxygen atoms in total. The highest BCUT2D eigenvalue weighted by Crippen LogP contribution is 2.27. The molecule has 0 fully saturated rings. The van der Waals surface area contributed by atoms with Gasteiger partial charge in [0.25, 0.3) is 10.0 Å². The highest BCUT2D eigenvalue weighted by Gasteiger charge is 2.34. The van der Waals surface area contributed by atoms with E-state index in [9.17, 15) is 18.0 Å².